The molecule has 0 spiro atoms. The van der Waals surface area contributed by atoms with Gasteiger partial charge >= 0.3 is 0 Å². The minimum atomic E-state index is -0.283. The van der Waals surface area contributed by atoms with E-state index in [0.717, 1.165) is 5.56 Å². The van der Waals surface area contributed by atoms with Crippen molar-refractivity contribution in [3.8, 4) is 22.8 Å². The quantitative estimate of drug-likeness (QED) is 0.580. The average molecular weight is 373 g/mol. The summed E-state index contributed by atoms with van der Waals surface area (Å²) in [5, 5.41) is 7.47. The van der Waals surface area contributed by atoms with E-state index < -0.39 is 0 Å². The molecule has 7 nitrogen and oxygen atoms in total. The number of anilines is 1. The van der Waals surface area contributed by atoms with Crippen LogP contribution in [0.3, 0.4) is 0 Å². The molecule has 1 amide bonds. The number of aryl methyl sites for hydroxylation is 1. The summed E-state index contributed by atoms with van der Waals surface area (Å²) in [6, 6.07) is 16.6. The van der Waals surface area contributed by atoms with Crippen molar-refractivity contribution in [3.63, 3.8) is 0 Å². The number of hydrogen-bond donors (Lipinski definition) is 1. The molecule has 0 fully saturated rings. The number of aromatic nitrogens is 2. The van der Waals surface area contributed by atoms with Crippen molar-refractivity contribution in [2.75, 3.05) is 12.1 Å². The number of pyridine rings is 1. The van der Waals surface area contributed by atoms with Crippen LogP contribution in [0, 0.1) is 6.92 Å². The first-order chi connectivity index (χ1) is 13.7. The summed E-state index contributed by atoms with van der Waals surface area (Å²) in [7, 11) is 0. The number of fused-ring (bicyclic) bond motifs is 2. The van der Waals surface area contributed by atoms with E-state index in [1.54, 1.807) is 31.2 Å². The molecular formula is C21H15N3O4. The molecule has 138 valence electrons. The van der Waals surface area contributed by atoms with Gasteiger partial charge in [-0.1, -0.05) is 35.5 Å². The molecule has 2 aromatic carbocycles. The van der Waals surface area contributed by atoms with Crippen LogP contribution < -0.4 is 14.8 Å². The van der Waals surface area contributed by atoms with Crippen LogP contribution in [0.4, 0.5) is 5.69 Å². The molecule has 0 radical (unpaired) electrons. The third-order valence-electron chi connectivity index (χ3n) is 4.56. The standard InChI is InChI=1S/C21H15N3O4/c1-12-19-15(20(25)22-14-7-8-17-18(9-14)27-11-26-17)10-16(23-21(19)28-24-12)13-5-3-2-4-6-13/h2-10H,11H2,1H3,(H,22,25). The minimum absolute atomic E-state index is 0.179. The molecule has 0 atom stereocenters. The maximum Gasteiger partial charge on any atom is 0.259 e. The number of nitrogens with zero attached hydrogens (tertiary/aromatic N) is 2. The van der Waals surface area contributed by atoms with E-state index >= 15 is 0 Å². The lowest BCUT2D eigenvalue weighted by atomic mass is 10.0. The maximum atomic E-state index is 13.1. The van der Waals surface area contributed by atoms with E-state index in [1.807, 2.05) is 30.3 Å². The third-order valence-corrected chi connectivity index (χ3v) is 4.56. The van der Waals surface area contributed by atoms with Gasteiger partial charge in [0.2, 0.25) is 6.79 Å². The topological polar surface area (TPSA) is 86.5 Å². The molecule has 28 heavy (non-hydrogen) atoms. The molecule has 1 aliphatic heterocycles. The van der Waals surface area contributed by atoms with Gasteiger partial charge in [-0.05, 0) is 25.1 Å². The SMILES string of the molecule is Cc1noc2nc(-c3ccccc3)cc(C(=O)Nc3ccc4c(c3)OCO4)c12. The van der Waals surface area contributed by atoms with Crippen molar-refractivity contribution in [1.29, 1.82) is 0 Å². The Hall–Kier alpha value is -3.87. The van der Waals surface area contributed by atoms with Gasteiger partial charge in [0.25, 0.3) is 11.6 Å². The summed E-state index contributed by atoms with van der Waals surface area (Å²) < 4.78 is 16.0. The van der Waals surface area contributed by atoms with Gasteiger partial charge in [-0.15, -0.1) is 0 Å². The van der Waals surface area contributed by atoms with E-state index in [1.165, 1.54) is 0 Å². The molecule has 2 aromatic heterocycles. The van der Waals surface area contributed by atoms with E-state index in [0.29, 0.717) is 45.2 Å². The Bertz CT molecular complexity index is 1200. The Balaban J connectivity index is 1.57. The highest BCUT2D eigenvalue weighted by Gasteiger charge is 2.20. The molecule has 1 N–H and O–H groups in total. The molecule has 1 aliphatic rings. The van der Waals surface area contributed by atoms with E-state index in [2.05, 4.69) is 15.5 Å². The molecule has 7 heteroatoms. The normalized spacial score (nSPS) is 12.3. The number of rotatable bonds is 3. The van der Waals surface area contributed by atoms with Crippen molar-refractivity contribution < 1.29 is 18.8 Å². The Morgan fingerprint density at radius 3 is 2.71 bits per heavy atom. The van der Waals surface area contributed by atoms with Crippen molar-refractivity contribution >= 4 is 22.7 Å². The summed E-state index contributed by atoms with van der Waals surface area (Å²) in [6.07, 6.45) is 0. The zero-order valence-corrected chi connectivity index (χ0v) is 14.9. The van der Waals surface area contributed by atoms with Gasteiger partial charge < -0.3 is 19.3 Å². The van der Waals surface area contributed by atoms with Crippen molar-refractivity contribution in [2.45, 2.75) is 6.92 Å². The zero-order valence-electron chi connectivity index (χ0n) is 14.9. The maximum absolute atomic E-state index is 13.1. The lowest BCUT2D eigenvalue weighted by Crippen LogP contribution is -2.13. The summed E-state index contributed by atoms with van der Waals surface area (Å²) >= 11 is 0. The summed E-state index contributed by atoms with van der Waals surface area (Å²) in [5.74, 6) is 0.976. The van der Waals surface area contributed by atoms with E-state index in [9.17, 15) is 4.79 Å². The van der Waals surface area contributed by atoms with Gasteiger partial charge in [0.15, 0.2) is 11.5 Å². The van der Waals surface area contributed by atoms with Crippen LogP contribution in [0.15, 0.2) is 59.1 Å². The fourth-order valence-corrected chi connectivity index (χ4v) is 3.20. The molecular weight excluding hydrogens is 358 g/mol. The van der Waals surface area contributed by atoms with Crippen molar-refractivity contribution in [3.05, 3.63) is 65.9 Å². The number of benzene rings is 2. The molecule has 5 rings (SSSR count). The van der Waals surface area contributed by atoms with Crippen LogP contribution in [0.1, 0.15) is 16.1 Å². The second kappa shape index (κ2) is 6.38. The average Bonchev–Trinajstić information content (AvgIpc) is 3.34. The zero-order chi connectivity index (χ0) is 19.1. The lowest BCUT2D eigenvalue weighted by molar-refractivity contribution is 0.102. The number of hydrogen-bond acceptors (Lipinski definition) is 6. The first-order valence-corrected chi connectivity index (χ1v) is 8.72. The highest BCUT2D eigenvalue weighted by molar-refractivity contribution is 6.13. The first kappa shape index (κ1) is 16.3. The fraction of sp³-hybridized carbons (Fsp3) is 0.0952. The largest absolute Gasteiger partial charge is 0.454 e. The monoisotopic (exact) mass is 373 g/mol. The van der Waals surface area contributed by atoms with Crippen LogP contribution in [-0.4, -0.2) is 22.8 Å². The first-order valence-electron chi connectivity index (χ1n) is 8.72. The van der Waals surface area contributed by atoms with Crippen molar-refractivity contribution in [2.24, 2.45) is 0 Å². The fourth-order valence-electron chi connectivity index (χ4n) is 3.20. The van der Waals surface area contributed by atoms with Gasteiger partial charge in [-0.2, -0.15) is 0 Å². The van der Waals surface area contributed by atoms with Crippen LogP contribution in [-0.2, 0) is 0 Å². The van der Waals surface area contributed by atoms with Gasteiger partial charge in [0.05, 0.1) is 22.3 Å². The van der Waals surface area contributed by atoms with Gasteiger partial charge in [-0.3, -0.25) is 4.79 Å². The van der Waals surface area contributed by atoms with Crippen LogP contribution in [0.2, 0.25) is 0 Å². The van der Waals surface area contributed by atoms with Crippen LogP contribution in [0.25, 0.3) is 22.4 Å². The van der Waals surface area contributed by atoms with E-state index in [-0.39, 0.29) is 12.7 Å². The van der Waals surface area contributed by atoms with Crippen LogP contribution >= 0.6 is 0 Å². The molecule has 0 saturated carbocycles. The smallest absolute Gasteiger partial charge is 0.259 e. The Kier molecular flexibility index (Phi) is 3.72. The highest BCUT2D eigenvalue weighted by atomic mass is 16.7. The summed E-state index contributed by atoms with van der Waals surface area (Å²) in [6.45, 7) is 1.96. The molecule has 0 aliphatic carbocycles. The van der Waals surface area contributed by atoms with E-state index in [4.69, 9.17) is 14.0 Å². The summed E-state index contributed by atoms with van der Waals surface area (Å²) in [4.78, 5) is 17.6. The predicted octanol–water partition coefficient (Wildman–Crippen LogP) is 4.18. The predicted molar refractivity (Wildman–Crippen MR) is 102 cm³/mol. The molecule has 0 unspecified atom stereocenters. The number of carbonyl (C=O) groups excluding carboxylic acids is 1. The van der Waals surface area contributed by atoms with Crippen LogP contribution in [0.5, 0.6) is 11.5 Å². The molecule has 4 aromatic rings. The third kappa shape index (κ3) is 2.73. The van der Waals surface area contributed by atoms with Crippen molar-refractivity contribution in [1.82, 2.24) is 10.1 Å². The number of amides is 1. The lowest BCUT2D eigenvalue weighted by Gasteiger charge is -2.09. The number of ether oxygens (including phenoxy) is 2. The highest BCUT2D eigenvalue weighted by Crippen LogP contribution is 2.35. The van der Waals surface area contributed by atoms with Gasteiger partial charge in [0, 0.05) is 17.3 Å². The molecule has 3 heterocycles. The molecule has 0 saturated heterocycles. The minimum Gasteiger partial charge on any atom is -0.454 e. The Labute approximate surface area is 159 Å². The Morgan fingerprint density at radius 2 is 1.86 bits per heavy atom. The van der Waals surface area contributed by atoms with Gasteiger partial charge in [-0.25, -0.2) is 4.98 Å². The summed E-state index contributed by atoms with van der Waals surface area (Å²) in [5.41, 5.74) is 3.51. The second-order valence-corrected chi connectivity index (χ2v) is 6.39. The number of nitrogens with one attached hydrogen (secondary N) is 1. The second-order valence-electron chi connectivity index (χ2n) is 6.39. The Morgan fingerprint density at radius 1 is 1.04 bits per heavy atom. The number of carbonyl (C=O) groups is 1. The molecule has 0 bridgehead atoms. The van der Waals surface area contributed by atoms with Gasteiger partial charge in [0.1, 0.15) is 0 Å².